The molecular weight excluding hydrogens is 486 g/mol. The minimum Gasteiger partial charge on any atom is -0.443 e. The minimum atomic E-state index is -3.95. The average Bonchev–Trinajstić information content (AvgIpc) is 3.56. The van der Waals surface area contributed by atoms with Gasteiger partial charge in [0.15, 0.2) is 5.78 Å². The Bertz CT molecular complexity index is 1470. The van der Waals surface area contributed by atoms with Crippen LogP contribution in [0.4, 0.5) is 8.78 Å². The SMILES string of the molecule is O=C(CCc1ccnc(-c2ccc(C(F)F)cc2)c1)[C@@H]1CCCN1S(=O)(=O)c1cc2ccccc2o1. The molecule has 5 rings (SSSR count). The van der Waals surface area contributed by atoms with Crippen LogP contribution in [0.2, 0.25) is 0 Å². The first-order valence-corrected chi connectivity index (χ1v) is 13.1. The van der Waals surface area contributed by atoms with Crippen molar-refractivity contribution in [3.8, 4) is 11.3 Å². The second-order valence-electron chi connectivity index (χ2n) is 8.82. The summed E-state index contributed by atoms with van der Waals surface area (Å²) < 4.78 is 59.1. The van der Waals surface area contributed by atoms with Gasteiger partial charge in [0.1, 0.15) is 5.58 Å². The van der Waals surface area contributed by atoms with E-state index in [9.17, 15) is 22.0 Å². The molecule has 0 saturated carbocycles. The monoisotopic (exact) mass is 510 g/mol. The van der Waals surface area contributed by atoms with Crippen molar-refractivity contribution >= 4 is 26.8 Å². The fraction of sp³-hybridized carbons (Fsp3) is 0.259. The summed E-state index contributed by atoms with van der Waals surface area (Å²) in [6.45, 7) is 0.268. The molecular formula is C27H24F2N2O4S. The van der Waals surface area contributed by atoms with E-state index in [-0.39, 0.29) is 29.4 Å². The molecule has 0 spiro atoms. The number of hydrogen-bond acceptors (Lipinski definition) is 5. The molecule has 1 atom stereocenters. The Morgan fingerprint density at radius 3 is 2.61 bits per heavy atom. The standard InChI is InChI=1S/C27H24F2N2O4S/c28-27(29)20-10-8-19(9-11-20)22-16-18(13-14-30-22)7-12-24(32)23-5-3-15-31(23)36(33,34)26-17-21-4-1-2-6-25(21)35-26/h1-2,4,6,8-11,13-14,16-17,23,27H,3,5,7,12,15H2/t23-/m0/s1. The normalized spacial score (nSPS) is 16.7. The molecule has 9 heteroatoms. The van der Waals surface area contributed by atoms with Crippen molar-refractivity contribution in [1.82, 2.24) is 9.29 Å². The molecule has 1 saturated heterocycles. The van der Waals surface area contributed by atoms with Crippen LogP contribution in [-0.4, -0.2) is 36.1 Å². The number of carbonyl (C=O) groups is 1. The van der Waals surface area contributed by atoms with E-state index in [0.717, 1.165) is 5.56 Å². The Morgan fingerprint density at radius 1 is 1.08 bits per heavy atom. The van der Waals surface area contributed by atoms with Gasteiger partial charge in [0.25, 0.3) is 16.4 Å². The molecule has 3 heterocycles. The zero-order valence-electron chi connectivity index (χ0n) is 19.3. The molecule has 4 aromatic rings. The van der Waals surface area contributed by atoms with Crippen LogP contribution in [0.15, 0.2) is 82.4 Å². The molecule has 1 aliphatic rings. The number of sulfonamides is 1. The molecule has 186 valence electrons. The maximum atomic E-state index is 13.3. The van der Waals surface area contributed by atoms with E-state index in [0.29, 0.717) is 41.5 Å². The fourth-order valence-corrected chi connectivity index (χ4v) is 6.20. The van der Waals surface area contributed by atoms with E-state index in [1.807, 2.05) is 6.07 Å². The van der Waals surface area contributed by atoms with Crippen molar-refractivity contribution in [1.29, 1.82) is 0 Å². The predicted octanol–water partition coefficient (Wildman–Crippen LogP) is 5.79. The summed E-state index contributed by atoms with van der Waals surface area (Å²) in [5, 5.41) is 0.538. The summed E-state index contributed by atoms with van der Waals surface area (Å²) in [5.74, 6) is -0.146. The van der Waals surface area contributed by atoms with Crippen LogP contribution in [0.25, 0.3) is 22.2 Å². The van der Waals surface area contributed by atoms with Gasteiger partial charge in [-0.1, -0.05) is 42.5 Å². The van der Waals surface area contributed by atoms with Gasteiger partial charge in [-0.25, -0.2) is 17.2 Å². The third kappa shape index (κ3) is 4.81. The molecule has 0 radical (unpaired) electrons. The van der Waals surface area contributed by atoms with E-state index < -0.39 is 22.5 Å². The fourth-order valence-electron chi connectivity index (χ4n) is 4.57. The Morgan fingerprint density at radius 2 is 1.86 bits per heavy atom. The molecule has 6 nitrogen and oxygen atoms in total. The van der Waals surface area contributed by atoms with Crippen molar-refractivity contribution in [3.05, 3.63) is 84.1 Å². The third-order valence-corrected chi connectivity index (χ3v) is 8.25. The van der Waals surface area contributed by atoms with Gasteiger partial charge in [-0.05, 0) is 43.0 Å². The van der Waals surface area contributed by atoms with E-state index in [1.54, 1.807) is 48.7 Å². The highest BCUT2D eigenvalue weighted by atomic mass is 32.2. The molecule has 1 aliphatic heterocycles. The van der Waals surface area contributed by atoms with Crippen LogP contribution in [0.3, 0.4) is 0 Å². The van der Waals surface area contributed by atoms with E-state index in [2.05, 4.69) is 4.98 Å². The second-order valence-corrected chi connectivity index (χ2v) is 10.6. The van der Waals surface area contributed by atoms with Crippen molar-refractivity contribution in [2.24, 2.45) is 0 Å². The van der Waals surface area contributed by atoms with Gasteiger partial charge < -0.3 is 4.42 Å². The molecule has 36 heavy (non-hydrogen) atoms. The largest absolute Gasteiger partial charge is 0.443 e. The smallest absolute Gasteiger partial charge is 0.277 e. The number of aromatic nitrogens is 1. The maximum absolute atomic E-state index is 13.3. The summed E-state index contributed by atoms with van der Waals surface area (Å²) in [4.78, 5) is 17.4. The van der Waals surface area contributed by atoms with Crippen LogP contribution in [0, 0.1) is 0 Å². The summed E-state index contributed by atoms with van der Waals surface area (Å²) in [5.41, 5.74) is 2.60. The summed E-state index contributed by atoms with van der Waals surface area (Å²) >= 11 is 0. The number of carbonyl (C=O) groups excluding carboxylic acids is 1. The first kappa shape index (κ1) is 24.3. The Balaban J connectivity index is 1.28. The summed E-state index contributed by atoms with van der Waals surface area (Å²) in [6, 6.07) is 17.4. The highest BCUT2D eigenvalue weighted by Crippen LogP contribution is 2.31. The number of pyridine rings is 1. The lowest BCUT2D eigenvalue weighted by atomic mass is 10.0. The molecule has 2 aromatic carbocycles. The van der Waals surface area contributed by atoms with Crippen LogP contribution < -0.4 is 0 Å². The molecule has 0 N–H and O–H groups in total. The summed E-state index contributed by atoms with van der Waals surface area (Å²) in [6.07, 6.45) is 0.739. The van der Waals surface area contributed by atoms with E-state index in [1.165, 1.54) is 22.5 Å². The Hall–Kier alpha value is -3.43. The van der Waals surface area contributed by atoms with Gasteiger partial charge >= 0.3 is 0 Å². The number of nitrogens with zero attached hydrogens (tertiary/aromatic N) is 2. The number of alkyl halides is 2. The van der Waals surface area contributed by atoms with E-state index in [4.69, 9.17) is 4.42 Å². The minimum absolute atomic E-state index is 0.0563. The van der Waals surface area contributed by atoms with Crippen LogP contribution in [0.1, 0.15) is 36.8 Å². The number of furan rings is 1. The van der Waals surface area contributed by atoms with Crippen LogP contribution in [0.5, 0.6) is 0 Å². The first-order chi connectivity index (χ1) is 17.3. The molecule has 0 amide bonds. The highest BCUT2D eigenvalue weighted by molar-refractivity contribution is 7.89. The second kappa shape index (κ2) is 9.91. The number of para-hydroxylation sites is 1. The lowest BCUT2D eigenvalue weighted by Crippen LogP contribution is -2.40. The number of aryl methyl sites for hydroxylation is 1. The van der Waals surface area contributed by atoms with E-state index >= 15 is 0 Å². The third-order valence-electron chi connectivity index (χ3n) is 6.48. The molecule has 0 aliphatic carbocycles. The van der Waals surface area contributed by atoms with Crippen molar-refractivity contribution in [3.63, 3.8) is 0 Å². The van der Waals surface area contributed by atoms with Gasteiger partial charge in [-0.2, -0.15) is 4.31 Å². The zero-order chi connectivity index (χ0) is 25.3. The number of hydrogen-bond donors (Lipinski definition) is 0. The molecule has 0 bridgehead atoms. The van der Waals surface area contributed by atoms with Gasteiger partial charge in [-0.15, -0.1) is 0 Å². The average molecular weight is 511 g/mol. The summed E-state index contributed by atoms with van der Waals surface area (Å²) in [7, 11) is -3.95. The van der Waals surface area contributed by atoms with Gasteiger partial charge in [0, 0.05) is 41.7 Å². The lowest BCUT2D eigenvalue weighted by molar-refractivity contribution is -0.122. The predicted molar refractivity (Wildman–Crippen MR) is 131 cm³/mol. The van der Waals surface area contributed by atoms with Gasteiger partial charge in [-0.3, -0.25) is 9.78 Å². The topological polar surface area (TPSA) is 80.5 Å². The zero-order valence-corrected chi connectivity index (χ0v) is 20.1. The lowest BCUT2D eigenvalue weighted by Gasteiger charge is -2.21. The van der Waals surface area contributed by atoms with Crippen molar-refractivity contribution < 1.29 is 26.4 Å². The van der Waals surface area contributed by atoms with Gasteiger partial charge in [0.2, 0.25) is 5.09 Å². The number of ketones is 1. The van der Waals surface area contributed by atoms with Crippen molar-refractivity contribution in [2.45, 2.75) is 43.2 Å². The molecule has 1 fully saturated rings. The maximum Gasteiger partial charge on any atom is 0.277 e. The first-order valence-electron chi connectivity index (χ1n) is 11.7. The number of benzene rings is 2. The quantitative estimate of drug-likeness (QED) is 0.300. The number of Topliss-reactive ketones (excluding diaryl/α,β-unsaturated/α-hetero) is 1. The van der Waals surface area contributed by atoms with Crippen LogP contribution in [-0.2, 0) is 21.2 Å². The number of halogens is 2. The molecule has 2 aromatic heterocycles. The van der Waals surface area contributed by atoms with Crippen LogP contribution >= 0.6 is 0 Å². The van der Waals surface area contributed by atoms with Gasteiger partial charge in [0.05, 0.1) is 11.7 Å². The Kier molecular flexibility index (Phi) is 6.68. The number of rotatable bonds is 8. The highest BCUT2D eigenvalue weighted by Gasteiger charge is 2.40. The number of fused-ring (bicyclic) bond motifs is 1. The van der Waals surface area contributed by atoms with Crippen molar-refractivity contribution in [2.75, 3.05) is 6.54 Å². The molecule has 0 unspecified atom stereocenters. The Labute approximate surface area is 207 Å².